The number of nitrogens with one attached hydrogen (secondary N) is 2. The molecule has 3 N–H and O–H groups in total. The Morgan fingerprint density at radius 2 is 2.26 bits per heavy atom. The largest absolute Gasteiger partial charge is 0.389 e. The summed E-state index contributed by atoms with van der Waals surface area (Å²) in [5.74, 6) is -0.0123. The summed E-state index contributed by atoms with van der Waals surface area (Å²) in [4.78, 5) is 14.1. The van der Waals surface area contributed by atoms with Crippen molar-refractivity contribution in [1.29, 1.82) is 0 Å². The minimum atomic E-state index is -0.704. The fourth-order valence-electron chi connectivity index (χ4n) is 2.99. The van der Waals surface area contributed by atoms with E-state index < -0.39 is 5.60 Å². The lowest BCUT2D eigenvalue weighted by molar-refractivity contribution is 0.0218. The van der Waals surface area contributed by atoms with E-state index in [0.717, 1.165) is 25.9 Å². The third-order valence-electron chi connectivity index (χ3n) is 3.85. The second-order valence-electron chi connectivity index (χ2n) is 6.90. The van der Waals surface area contributed by atoms with Gasteiger partial charge >= 0.3 is 6.03 Å². The molecule has 5 nitrogen and oxygen atoms in total. The Morgan fingerprint density at radius 1 is 1.48 bits per heavy atom. The normalized spacial score (nSPS) is 19.4. The molecule has 1 atom stereocenters. The monoisotopic (exact) mass is 323 g/mol. The zero-order valence-corrected chi connectivity index (χ0v) is 13.8. The van der Waals surface area contributed by atoms with Gasteiger partial charge in [0.2, 0.25) is 0 Å². The Bertz CT molecular complexity index is 531. The van der Waals surface area contributed by atoms with Crippen molar-refractivity contribution in [2.45, 2.75) is 32.3 Å². The molecular weight excluding hydrogens is 297 g/mol. The van der Waals surface area contributed by atoms with E-state index in [1.54, 1.807) is 26.0 Å². The predicted molar refractivity (Wildman–Crippen MR) is 88.9 cm³/mol. The number of rotatable bonds is 5. The van der Waals surface area contributed by atoms with Gasteiger partial charge < -0.3 is 20.6 Å². The lowest BCUT2D eigenvalue weighted by atomic mass is 9.96. The maximum atomic E-state index is 13.1. The van der Waals surface area contributed by atoms with Crippen LogP contribution in [0.2, 0.25) is 0 Å². The number of halogens is 1. The highest BCUT2D eigenvalue weighted by atomic mass is 19.1. The fraction of sp³-hybridized carbons (Fsp3) is 0.588. The van der Waals surface area contributed by atoms with Crippen molar-refractivity contribution in [3.63, 3.8) is 0 Å². The zero-order valence-electron chi connectivity index (χ0n) is 13.8. The first-order valence-corrected chi connectivity index (χ1v) is 8.07. The summed E-state index contributed by atoms with van der Waals surface area (Å²) in [6.45, 7) is 6.67. The molecule has 0 aromatic heterocycles. The Balaban J connectivity index is 1.75. The lowest BCUT2D eigenvalue weighted by Crippen LogP contribution is -2.46. The van der Waals surface area contributed by atoms with Gasteiger partial charge in [0.05, 0.1) is 5.60 Å². The maximum absolute atomic E-state index is 13.1. The number of benzene rings is 1. The molecule has 2 amide bonds. The van der Waals surface area contributed by atoms with E-state index in [1.165, 1.54) is 12.1 Å². The third kappa shape index (κ3) is 6.54. The third-order valence-corrected chi connectivity index (χ3v) is 3.85. The Kier molecular flexibility index (Phi) is 5.96. The van der Waals surface area contributed by atoms with Crippen LogP contribution in [0.5, 0.6) is 0 Å². The van der Waals surface area contributed by atoms with Crippen molar-refractivity contribution in [3.8, 4) is 0 Å². The van der Waals surface area contributed by atoms with E-state index in [-0.39, 0.29) is 11.8 Å². The molecule has 1 unspecified atom stereocenters. The molecule has 6 heteroatoms. The number of nitrogens with zero attached hydrogens (tertiary/aromatic N) is 1. The molecule has 1 aliphatic rings. The van der Waals surface area contributed by atoms with E-state index >= 15 is 0 Å². The van der Waals surface area contributed by atoms with Crippen LogP contribution in [0.15, 0.2) is 24.3 Å². The molecule has 1 fully saturated rings. The fourth-order valence-corrected chi connectivity index (χ4v) is 2.99. The van der Waals surface area contributed by atoms with Gasteiger partial charge in [-0.25, -0.2) is 9.18 Å². The molecule has 0 saturated carbocycles. The molecule has 23 heavy (non-hydrogen) atoms. The van der Waals surface area contributed by atoms with E-state index in [9.17, 15) is 14.3 Å². The van der Waals surface area contributed by atoms with Crippen LogP contribution in [-0.4, -0.2) is 47.8 Å². The first kappa shape index (κ1) is 17.7. The number of aliphatic hydroxyl groups is 1. The van der Waals surface area contributed by atoms with Gasteiger partial charge in [-0.15, -0.1) is 0 Å². The Morgan fingerprint density at radius 3 is 2.96 bits per heavy atom. The van der Waals surface area contributed by atoms with Crippen LogP contribution in [0.4, 0.5) is 14.9 Å². The van der Waals surface area contributed by atoms with E-state index in [0.29, 0.717) is 24.7 Å². The Hall–Kier alpha value is -1.66. The molecule has 1 saturated heterocycles. The summed E-state index contributed by atoms with van der Waals surface area (Å²) >= 11 is 0. The van der Waals surface area contributed by atoms with Crippen LogP contribution in [-0.2, 0) is 0 Å². The van der Waals surface area contributed by atoms with Crippen molar-refractivity contribution in [3.05, 3.63) is 30.1 Å². The van der Waals surface area contributed by atoms with Crippen molar-refractivity contribution in [1.82, 2.24) is 10.2 Å². The number of piperidine rings is 1. The van der Waals surface area contributed by atoms with Crippen LogP contribution in [0.1, 0.15) is 26.7 Å². The first-order valence-electron chi connectivity index (χ1n) is 8.07. The minimum Gasteiger partial charge on any atom is -0.389 e. The summed E-state index contributed by atoms with van der Waals surface area (Å²) < 4.78 is 13.1. The highest BCUT2D eigenvalue weighted by molar-refractivity contribution is 5.89. The minimum absolute atomic E-state index is 0.324. The lowest BCUT2D eigenvalue weighted by Gasteiger charge is -2.36. The van der Waals surface area contributed by atoms with Gasteiger partial charge in [-0.2, -0.15) is 0 Å². The number of urea groups is 1. The summed E-state index contributed by atoms with van der Waals surface area (Å²) in [5, 5.41) is 15.4. The summed E-state index contributed by atoms with van der Waals surface area (Å²) in [6, 6.07) is 5.50. The van der Waals surface area contributed by atoms with Crippen molar-refractivity contribution >= 4 is 11.7 Å². The molecule has 1 heterocycles. The average Bonchev–Trinajstić information content (AvgIpc) is 2.44. The number of hydrogen-bond acceptors (Lipinski definition) is 3. The number of carbonyl (C=O) groups excluding carboxylic acids is 1. The second-order valence-corrected chi connectivity index (χ2v) is 6.90. The standard InChI is InChI=1S/C17H26FN3O2/c1-17(2,23)12-21-8-4-5-13(11-21)10-19-16(22)20-15-7-3-6-14(18)9-15/h3,6-7,9,13,23H,4-5,8,10-12H2,1-2H3,(H2,19,20,22). The number of anilines is 1. The highest BCUT2D eigenvalue weighted by Gasteiger charge is 2.24. The van der Waals surface area contributed by atoms with Crippen molar-refractivity contribution in [2.24, 2.45) is 5.92 Å². The van der Waals surface area contributed by atoms with Gasteiger partial charge in [-0.3, -0.25) is 0 Å². The number of likely N-dealkylation sites (tertiary alicyclic amines) is 1. The molecule has 0 radical (unpaired) electrons. The van der Waals surface area contributed by atoms with Gasteiger partial charge in [0.15, 0.2) is 0 Å². The Labute approximate surface area is 136 Å². The number of amides is 2. The van der Waals surface area contributed by atoms with E-state index in [1.807, 2.05) is 0 Å². The molecule has 1 aliphatic heterocycles. The van der Waals surface area contributed by atoms with Gasteiger partial charge in [0, 0.05) is 25.3 Å². The molecule has 2 rings (SSSR count). The summed E-state index contributed by atoms with van der Waals surface area (Å²) in [7, 11) is 0. The van der Waals surface area contributed by atoms with Crippen molar-refractivity contribution in [2.75, 3.05) is 31.5 Å². The highest BCUT2D eigenvalue weighted by Crippen LogP contribution is 2.18. The van der Waals surface area contributed by atoms with Crippen LogP contribution < -0.4 is 10.6 Å². The molecule has 128 valence electrons. The zero-order chi connectivity index (χ0) is 16.9. The molecule has 0 aliphatic carbocycles. The average molecular weight is 323 g/mol. The van der Waals surface area contributed by atoms with Crippen molar-refractivity contribution < 1.29 is 14.3 Å². The molecule has 0 spiro atoms. The molecule has 0 bridgehead atoms. The van der Waals surface area contributed by atoms with Gasteiger partial charge in [0.1, 0.15) is 5.82 Å². The van der Waals surface area contributed by atoms with Gasteiger partial charge in [-0.05, 0) is 57.4 Å². The predicted octanol–water partition coefficient (Wildman–Crippen LogP) is 2.43. The first-order chi connectivity index (χ1) is 10.8. The van der Waals surface area contributed by atoms with Crippen LogP contribution in [0.25, 0.3) is 0 Å². The quantitative estimate of drug-likeness (QED) is 0.780. The molecule has 1 aromatic rings. The van der Waals surface area contributed by atoms with E-state index in [4.69, 9.17) is 0 Å². The SMILES string of the molecule is CC(C)(O)CN1CCCC(CNC(=O)Nc2cccc(F)c2)C1. The van der Waals surface area contributed by atoms with E-state index in [2.05, 4.69) is 15.5 Å². The summed E-state index contributed by atoms with van der Waals surface area (Å²) in [5.41, 5.74) is -0.265. The van der Waals surface area contributed by atoms with Gasteiger partial charge in [0.25, 0.3) is 0 Å². The second kappa shape index (κ2) is 7.75. The van der Waals surface area contributed by atoms with Crippen LogP contribution in [0, 0.1) is 11.7 Å². The number of carbonyl (C=O) groups is 1. The topological polar surface area (TPSA) is 64.6 Å². The smallest absolute Gasteiger partial charge is 0.319 e. The number of β-amino-alcohol motifs (C(OH)–C–C–N with tert-alkyl or cyclic N) is 1. The molecule has 1 aromatic carbocycles. The summed E-state index contributed by atoms with van der Waals surface area (Å²) in [6.07, 6.45) is 2.12. The maximum Gasteiger partial charge on any atom is 0.319 e. The number of hydrogen-bond donors (Lipinski definition) is 3. The van der Waals surface area contributed by atoms with Gasteiger partial charge in [-0.1, -0.05) is 6.07 Å². The van der Waals surface area contributed by atoms with Crippen LogP contribution >= 0.6 is 0 Å². The van der Waals surface area contributed by atoms with Crippen LogP contribution in [0.3, 0.4) is 0 Å². The molecular formula is C17H26FN3O2.